The largest absolute Gasteiger partial charge is 0.337 e. The van der Waals surface area contributed by atoms with Gasteiger partial charge >= 0.3 is 0 Å². The van der Waals surface area contributed by atoms with Crippen LogP contribution < -0.4 is 0 Å². The van der Waals surface area contributed by atoms with Crippen molar-refractivity contribution in [3.05, 3.63) is 66.1 Å². The minimum absolute atomic E-state index is 0.00787. The van der Waals surface area contributed by atoms with Gasteiger partial charge in [0, 0.05) is 31.0 Å². The molecule has 4 rings (SSSR count). The van der Waals surface area contributed by atoms with Crippen LogP contribution in [0.4, 0.5) is 0 Å². The summed E-state index contributed by atoms with van der Waals surface area (Å²) < 4.78 is 1.83. The summed E-state index contributed by atoms with van der Waals surface area (Å²) in [5.41, 5.74) is 4.43. The average molecular weight is 332 g/mol. The van der Waals surface area contributed by atoms with Crippen LogP contribution in [0.2, 0.25) is 0 Å². The molecule has 0 spiro atoms. The summed E-state index contributed by atoms with van der Waals surface area (Å²) in [6.07, 6.45) is 5.68. The third kappa shape index (κ3) is 3.05. The number of pyridine rings is 1. The first kappa shape index (κ1) is 15.6. The molecule has 2 aromatic heterocycles. The number of aryl methyl sites for hydroxylation is 1. The zero-order chi connectivity index (χ0) is 17.2. The number of amides is 1. The molecule has 1 amide bonds. The Bertz CT molecular complexity index is 878. The van der Waals surface area contributed by atoms with Crippen LogP contribution in [0, 0.1) is 6.92 Å². The quantitative estimate of drug-likeness (QED) is 0.738. The second-order valence-corrected chi connectivity index (χ2v) is 6.40. The molecule has 3 aromatic rings. The maximum absolute atomic E-state index is 12.8. The van der Waals surface area contributed by atoms with Crippen LogP contribution in [0.5, 0.6) is 0 Å². The average Bonchev–Trinajstić information content (AvgIpc) is 3.33. The first-order chi connectivity index (χ1) is 12.2. The van der Waals surface area contributed by atoms with Gasteiger partial charge < -0.3 is 4.90 Å². The molecule has 25 heavy (non-hydrogen) atoms. The smallest absolute Gasteiger partial charge is 0.274 e. The Morgan fingerprint density at radius 3 is 2.52 bits per heavy atom. The number of carbonyl (C=O) groups is 1. The van der Waals surface area contributed by atoms with E-state index >= 15 is 0 Å². The van der Waals surface area contributed by atoms with E-state index in [1.54, 1.807) is 12.4 Å². The molecule has 3 heterocycles. The first-order valence-electron chi connectivity index (χ1n) is 8.59. The van der Waals surface area contributed by atoms with Crippen molar-refractivity contribution in [1.29, 1.82) is 0 Å². The van der Waals surface area contributed by atoms with Gasteiger partial charge in [-0.05, 0) is 50.1 Å². The van der Waals surface area contributed by atoms with Gasteiger partial charge in [-0.3, -0.25) is 9.78 Å². The molecule has 1 fully saturated rings. The number of likely N-dealkylation sites (tertiary alicyclic amines) is 1. The van der Waals surface area contributed by atoms with Crippen molar-refractivity contribution >= 4 is 5.91 Å². The maximum Gasteiger partial charge on any atom is 0.274 e. The number of rotatable bonds is 3. The zero-order valence-corrected chi connectivity index (χ0v) is 14.2. The number of aromatic nitrogens is 3. The highest BCUT2D eigenvalue weighted by atomic mass is 16.2. The monoisotopic (exact) mass is 332 g/mol. The SMILES string of the molecule is Cc1ccc(-n2nc(C(=O)N3CCCC3)cc2-c2cccnc2)cc1. The molecular formula is C20H20N4O. The summed E-state index contributed by atoms with van der Waals surface area (Å²) in [5.74, 6) is 0.00787. The summed E-state index contributed by atoms with van der Waals surface area (Å²) in [7, 11) is 0. The van der Waals surface area contributed by atoms with Gasteiger partial charge in [0.2, 0.25) is 0 Å². The van der Waals surface area contributed by atoms with Crippen molar-refractivity contribution in [3.8, 4) is 16.9 Å². The molecule has 0 aliphatic carbocycles. The molecule has 1 aliphatic rings. The van der Waals surface area contributed by atoms with Crippen LogP contribution in [-0.4, -0.2) is 38.7 Å². The molecule has 5 nitrogen and oxygen atoms in total. The minimum Gasteiger partial charge on any atom is -0.337 e. The Hall–Kier alpha value is -2.95. The van der Waals surface area contributed by atoms with E-state index in [9.17, 15) is 4.79 Å². The fourth-order valence-corrected chi connectivity index (χ4v) is 3.17. The van der Waals surface area contributed by atoms with E-state index in [4.69, 9.17) is 0 Å². The van der Waals surface area contributed by atoms with Crippen molar-refractivity contribution in [1.82, 2.24) is 19.7 Å². The highest BCUT2D eigenvalue weighted by Gasteiger charge is 2.23. The molecule has 5 heteroatoms. The van der Waals surface area contributed by atoms with Gasteiger partial charge in [-0.1, -0.05) is 17.7 Å². The first-order valence-corrected chi connectivity index (χ1v) is 8.59. The van der Waals surface area contributed by atoms with E-state index in [1.165, 1.54) is 5.56 Å². The lowest BCUT2D eigenvalue weighted by atomic mass is 10.2. The van der Waals surface area contributed by atoms with E-state index < -0.39 is 0 Å². The van der Waals surface area contributed by atoms with Crippen LogP contribution in [0.1, 0.15) is 28.9 Å². The number of carbonyl (C=O) groups excluding carboxylic acids is 1. The third-order valence-electron chi connectivity index (χ3n) is 4.56. The summed E-state index contributed by atoms with van der Waals surface area (Å²) in [5, 5.41) is 4.63. The van der Waals surface area contributed by atoms with Gasteiger partial charge in [0.1, 0.15) is 0 Å². The lowest BCUT2D eigenvalue weighted by molar-refractivity contribution is 0.0786. The summed E-state index contributed by atoms with van der Waals surface area (Å²) in [4.78, 5) is 18.9. The molecule has 0 N–H and O–H groups in total. The fourth-order valence-electron chi connectivity index (χ4n) is 3.17. The normalized spacial score (nSPS) is 14.0. The Morgan fingerprint density at radius 1 is 1.08 bits per heavy atom. The van der Waals surface area contributed by atoms with Gasteiger partial charge in [-0.15, -0.1) is 0 Å². The van der Waals surface area contributed by atoms with Crippen LogP contribution in [-0.2, 0) is 0 Å². The summed E-state index contributed by atoms with van der Waals surface area (Å²) >= 11 is 0. The van der Waals surface area contributed by atoms with Crippen molar-refractivity contribution in [2.75, 3.05) is 13.1 Å². The third-order valence-corrected chi connectivity index (χ3v) is 4.56. The van der Waals surface area contributed by atoms with Crippen LogP contribution in [0.15, 0.2) is 54.9 Å². The molecule has 1 saturated heterocycles. The number of hydrogen-bond donors (Lipinski definition) is 0. The second kappa shape index (κ2) is 6.51. The minimum atomic E-state index is 0.00787. The van der Waals surface area contributed by atoms with E-state index in [-0.39, 0.29) is 5.91 Å². The Morgan fingerprint density at radius 2 is 1.84 bits per heavy atom. The van der Waals surface area contributed by atoms with Crippen LogP contribution >= 0.6 is 0 Å². The molecule has 0 saturated carbocycles. The molecule has 1 aromatic carbocycles. The van der Waals surface area contributed by atoms with Gasteiger partial charge in [0.25, 0.3) is 5.91 Å². The number of nitrogens with zero attached hydrogens (tertiary/aromatic N) is 4. The topological polar surface area (TPSA) is 51.0 Å². The number of hydrogen-bond acceptors (Lipinski definition) is 3. The Balaban J connectivity index is 1.80. The van der Waals surface area contributed by atoms with Crippen molar-refractivity contribution in [2.45, 2.75) is 19.8 Å². The van der Waals surface area contributed by atoms with Crippen molar-refractivity contribution in [2.24, 2.45) is 0 Å². The van der Waals surface area contributed by atoms with Crippen molar-refractivity contribution in [3.63, 3.8) is 0 Å². The van der Waals surface area contributed by atoms with Crippen LogP contribution in [0.25, 0.3) is 16.9 Å². The molecule has 126 valence electrons. The maximum atomic E-state index is 12.8. The predicted molar refractivity (Wildman–Crippen MR) is 96.7 cm³/mol. The molecule has 0 unspecified atom stereocenters. The highest BCUT2D eigenvalue weighted by Crippen LogP contribution is 2.25. The highest BCUT2D eigenvalue weighted by molar-refractivity contribution is 5.93. The molecule has 0 radical (unpaired) electrons. The van der Waals surface area contributed by atoms with E-state index in [1.807, 2.05) is 52.0 Å². The molecule has 0 atom stereocenters. The van der Waals surface area contributed by atoms with Gasteiger partial charge in [0.15, 0.2) is 5.69 Å². The van der Waals surface area contributed by atoms with Crippen molar-refractivity contribution < 1.29 is 4.79 Å². The van der Waals surface area contributed by atoms with Gasteiger partial charge in [0.05, 0.1) is 11.4 Å². The van der Waals surface area contributed by atoms with E-state index in [2.05, 4.69) is 17.0 Å². The zero-order valence-electron chi connectivity index (χ0n) is 14.2. The predicted octanol–water partition coefficient (Wildman–Crippen LogP) is 3.48. The van der Waals surface area contributed by atoms with E-state index in [0.717, 1.165) is 42.9 Å². The lowest BCUT2D eigenvalue weighted by Crippen LogP contribution is -2.28. The number of benzene rings is 1. The summed E-state index contributed by atoms with van der Waals surface area (Å²) in [6.45, 7) is 3.69. The lowest BCUT2D eigenvalue weighted by Gasteiger charge is -2.12. The standard InChI is InChI=1S/C20H20N4O/c1-15-6-8-17(9-7-15)24-19(16-5-4-10-21-14-16)13-18(22-24)20(25)23-11-2-3-12-23/h4-10,13-14H,2-3,11-12H2,1H3. The summed E-state index contributed by atoms with van der Waals surface area (Å²) in [6, 6.07) is 13.9. The second-order valence-electron chi connectivity index (χ2n) is 6.40. The molecule has 1 aliphatic heterocycles. The molecular weight excluding hydrogens is 312 g/mol. The van der Waals surface area contributed by atoms with Crippen LogP contribution in [0.3, 0.4) is 0 Å². The Kier molecular flexibility index (Phi) is 4.06. The fraction of sp³-hybridized carbons (Fsp3) is 0.250. The molecule has 0 bridgehead atoms. The van der Waals surface area contributed by atoms with E-state index in [0.29, 0.717) is 5.69 Å². The van der Waals surface area contributed by atoms with Gasteiger partial charge in [-0.2, -0.15) is 5.10 Å². The van der Waals surface area contributed by atoms with Gasteiger partial charge in [-0.25, -0.2) is 4.68 Å². The Labute approximate surface area is 146 Å².